The molecule has 1 N–H and O–H groups in total. The second-order valence-electron chi connectivity index (χ2n) is 5.02. The molecule has 0 radical (unpaired) electrons. The summed E-state index contributed by atoms with van der Waals surface area (Å²) in [6, 6.07) is 0. The summed E-state index contributed by atoms with van der Waals surface area (Å²) in [6.45, 7) is 0.860. The number of anilines is 1. The Hall–Kier alpha value is -1.03. The third kappa shape index (κ3) is 3.25. The minimum absolute atomic E-state index is 0.233. The van der Waals surface area contributed by atoms with Crippen molar-refractivity contribution >= 4 is 17.3 Å². The number of nitrogens with one attached hydrogen (secondary N) is 1. The van der Waals surface area contributed by atoms with Crippen molar-refractivity contribution in [2.24, 2.45) is 13.0 Å². The molecular formula is C13H20ClN3O. The van der Waals surface area contributed by atoms with Crippen molar-refractivity contribution in [2.75, 3.05) is 11.9 Å². The maximum atomic E-state index is 11.6. The average molecular weight is 270 g/mol. The number of nitrogens with zero attached hydrogens (tertiary/aromatic N) is 2. The van der Waals surface area contributed by atoms with Gasteiger partial charge in [-0.25, -0.2) is 4.68 Å². The van der Waals surface area contributed by atoms with Crippen molar-refractivity contribution in [3.63, 3.8) is 0 Å². The van der Waals surface area contributed by atoms with Crippen LogP contribution in [0.1, 0.15) is 38.5 Å². The highest BCUT2D eigenvalue weighted by Gasteiger charge is 2.13. The van der Waals surface area contributed by atoms with Crippen LogP contribution in [0.25, 0.3) is 0 Å². The third-order valence-electron chi connectivity index (χ3n) is 3.67. The van der Waals surface area contributed by atoms with Gasteiger partial charge >= 0.3 is 0 Å². The van der Waals surface area contributed by atoms with Crippen LogP contribution in [0.2, 0.25) is 5.02 Å². The van der Waals surface area contributed by atoms with Crippen molar-refractivity contribution in [3.8, 4) is 0 Å². The van der Waals surface area contributed by atoms with Crippen molar-refractivity contribution in [3.05, 3.63) is 21.6 Å². The summed E-state index contributed by atoms with van der Waals surface area (Å²) in [5.41, 5.74) is 0.398. The number of aryl methyl sites for hydroxylation is 1. The predicted octanol–water partition coefficient (Wildman–Crippen LogP) is 2.82. The van der Waals surface area contributed by atoms with E-state index < -0.39 is 0 Å². The minimum Gasteiger partial charge on any atom is -0.382 e. The van der Waals surface area contributed by atoms with E-state index in [1.807, 2.05) is 0 Å². The van der Waals surface area contributed by atoms with E-state index in [1.165, 1.54) is 36.8 Å². The van der Waals surface area contributed by atoms with Crippen LogP contribution in [0.4, 0.5) is 5.69 Å². The zero-order chi connectivity index (χ0) is 13.0. The smallest absolute Gasteiger partial charge is 0.287 e. The first-order valence-corrected chi connectivity index (χ1v) is 7.02. The van der Waals surface area contributed by atoms with Crippen LogP contribution in [0.5, 0.6) is 0 Å². The summed E-state index contributed by atoms with van der Waals surface area (Å²) >= 11 is 5.98. The Morgan fingerprint density at radius 3 is 2.89 bits per heavy atom. The standard InChI is InChI=1S/C13H20ClN3O/c1-17-13(18)12(14)11(9-16-17)15-8-7-10-5-3-2-4-6-10/h9-10,15H,2-8H2,1H3. The first kappa shape index (κ1) is 13.4. The molecule has 1 fully saturated rings. The van der Waals surface area contributed by atoms with Gasteiger partial charge in [0.15, 0.2) is 0 Å². The largest absolute Gasteiger partial charge is 0.382 e. The molecule has 0 aliphatic heterocycles. The lowest BCUT2D eigenvalue weighted by Gasteiger charge is -2.21. The van der Waals surface area contributed by atoms with Gasteiger partial charge in [-0.15, -0.1) is 0 Å². The zero-order valence-electron chi connectivity index (χ0n) is 10.8. The van der Waals surface area contributed by atoms with Gasteiger partial charge in [-0.3, -0.25) is 4.79 Å². The van der Waals surface area contributed by atoms with Gasteiger partial charge < -0.3 is 5.32 Å². The van der Waals surface area contributed by atoms with E-state index in [-0.39, 0.29) is 10.6 Å². The molecule has 100 valence electrons. The van der Waals surface area contributed by atoms with Gasteiger partial charge in [0.25, 0.3) is 5.56 Å². The maximum absolute atomic E-state index is 11.6. The summed E-state index contributed by atoms with van der Waals surface area (Å²) < 4.78 is 1.24. The molecule has 0 amide bonds. The van der Waals surface area contributed by atoms with Crippen molar-refractivity contribution in [2.45, 2.75) is 38.5 Å². The minimum atomic E-state index is -0.251. The number of hydrogen-bond donors (Lipinski definition) is 1. The summed E-state index contributed by atoms with van der Waals surface area (Å²) in [7, 11) is 1.60. The van der Waals surface area contributed by atoms with Crippen LogP contribution in [0.3, 0.4) is 0 Å². The molecule has 1 aromatic heterocycles. The number of halogens is 1. The molecule has 0 bridgehead atoms. The fraction of sp³-hybridized carbons (Fsp3) is 0.692. The van der Waals surface area contributed by atoms with Gasteiger partial charge in [-0.2, -0.15) is 5.10 Å². The lowest BCUT2D eigenvalue weighted by Crippen LogP contribution is -2.21. The quantitative estimate of drug-likeness (QED) is 0.914. The number of rotatable bonds is 4. The van der Waals surface area contributed by atoms with Gasteiger partial charge in [-0.1, -0.05) is 43.7 Å². The Morgan fingerprint density at radius 2 is 2.17 bits per heavy atom. The van der Waals surface area contributed by atoms with Crippen LogP contribution in [0, 0.1) is 5.92 Å². The Bertz CT molecular complexity index is 452. The van der Waals surface area contributed by atoms with Crippen molar-refractivity contribution in [1.82, 2.24) is 9.78 Å². The Balaban J connectivity index is 1.86. The summed E-state index contributed by atoms with van der Waals surface area (Å²) in [5, 5.41) is 7.42. The number of hydrogen-bond acceptors (Lipinski definition) is 3. The van der Waals surface area contributed by atoms with Crippen LogP contribution < -0.4 is 10.9 Å². The van der Waals surface area contributed by atoms with E-state index in [0.717, 1.165) is 18.9 Å². The average Bonchev–Trinajstić information content (AvgIpc) is 2.40. The summed E-state index contributed by atoms with van der Waals surface area (Å²) in [4.78, 5) is 11.6. The molecule has 0 atom stereocenters. The normalized spacial score (nSPS) is 16.8. The molecule has 18 heavy (non-hydrogen) atoms. The van der Waals surface area contributed by atoms with Gasteiger partial charge in [0.2, 0.25) is 0 Å². The fourth-order valence-corrected chi connectivity index (χ4v) is 2.76. The van der Waals surface area contributed by atoms with Crippen LogP contribution in [0.15, 0.2) is 11.0 Å². The topological polar surface area (TPSA) is 46.9 Å². The molecule has 1 heterocycles. The molecule has 0 spiro atoms. The molecule has 4 nitrogen and oxygen atoms in total. The monoisotopic (exact) mass is 269 g/mol. The molecular weight excluding hydrogens is 250 g/mol. The molecule has 1 aliphatic rings. The Morgan fingerprint density at radius 1 is 1.44 bits per heavy atom. The molecule has 1 saturated carbocycles. The number of aromatic nitrogens is 2. The van der Waals surface area contributed by atoms with Gasteiger partial charge in [0.05, 0.1) is 11.9 Å². The SMILES string of the molecule is Cn1ncc(NCCC2CCCCC2)c(Cl)c1=O. The van der Waals surface area contributed by atoms with Crippen molar-refractivity contribution < 1.29 is 0 Å². The molecule has 0 aromatic carbocycles. The predicted molar refractivity (Wildman–Crippen MR) is 74.2 cm³/mol. The fourth-order valence-electron chi connectivity index (χ4n) is 2.52. The highest BCUT2D eigenvalue weighted by Crippen LogP contribution is 2.26. The lowest BCUT2D eigenvalue weighted by molar-refractivity contribution is 0.345. The highest BCUT2D eigenvalue weighted by atomic mass is 35.5. The molecule has 5 heteroatoms. The van der Waals surface area contributed by atoms with Crippen LogP contribution >= 0.6 is 11.6 Å². The van der Waals surface area contributed by atoms with Crippen LogP contribution in [-0.2, 0) is 7.05 Å². The lowest BCUT2D eigenvalue weighted by atomic mass is 9.87. The molecule has 0 saturated heterocycles. The van der Waals surface area contributed by atoms with Gasteiger partial charge in [0, 0.05) is 13.6 Å². The Kier molecular flexibility index (Phi) is 4.64. The maximum Gasteiger partial charge on any atom is 0.287 e. The second kappa shape index (κ2) is 6.23. The van der Waals surface area contributed by atoms with Gasteiger partial charge in [0.1, 0.15) is 5.02 Å². The third-order valence-corrected chi connectivity index (χ3v) is 4.04. The first-order chi connectivity index (χ1) is 8.68. The van der Waals surface area contributed by atoms with E-state index in [1.54, 1.807) is 13.2 Å². The second-order valence-corrected chi connectivity index (χ2v) is 5.40. The first-order valence-electron chi connectivity index (χ1n) is 6.64. The van der Waals surface area contributed by atoms with Crippen LogP contribution in [-0.4, -0.2) is 16.3 Å². The Labute approximate surface area is 112 Å². The zero-order valence-corrected chi connectivity index (χ0v) is 11.5. The van der Waals surface area contributed by atoms with E-state index in [4.69, 9.17) is 11.6 Å². The molecule has 0 unspecified atom stereocenters. The van der Waals surface area contributed by atoms with Crippen molar-refractivity contribution in [1.29, 1.82) is 0 Å². The summed E-state index contributed by atoms with van der Waals surface area (Å²) in [5.74, 6) is 0.824. The van der Waals surface area contributed by atoms with Gasteiger partial charge in [-0.05, 0) is 12.3 Å². The van der Waals surface area contributed by atoms with E-state index in [2.05, 4.69) is 10.4 Å². The molecule has 1 aliphatic carbocycles. The highest BCUT2D eigenvalue weighted by molar-refractivity contribution is 6.32. The van der Waals surface area contributed by atoms with E-state index in [9.17, 15) is 4.79 Å². The van der Waals surface area contributed by atoms with E-state index >= 15 is 0 Å². The molecule has 1 aromatic rings. The van der Waals surface area contributed by atoms with E-state index in [0.29, 0.717) is 5.69 Å². The summed E-state index contributed by atoms with van der Waals surface area (Å²) in [6.07, 6.45) is 9.54. The molecule has 2 rings (SSSR count).